The lowest BCUT2D eigenvalue weighted by Crippen LogP contribution is -2.17. The highest BCUT2D eigenvalue weighted by Crippen LogP contribution is 2.23. The van der Waals surface area contributed by atoms with Gasteiger partial charge in [0.1, 0.15) is 15.7 Å². The van der Waals surface area contributed by atoms with Gasteiger partial charge in [0.2, 0.25) is 0 Å². The van der Waals surface area contributed by atoms with Crippen LogP contribution in [0.3, 0.4) is 0 Å². The molecule has 0 saturated carbocycles. The molecule has 0 aliphatic heterocycles. The Kier molecular flexibility index (Phi) is 7.62. The van der Waals surface area contributed by atoms with E-state index < -0.39 is 15.9 Å². The molecule has 0 bridgehead atoms. The van der Waals surface area contributed by atoms with Crippen molar-refractivity contribution < 1.29 is 27.2 Å². The third-order valence-electron chi connectivity index (χ3n) is 4.82. The SMILES string of the molecule is CCOC(=O)c1ccc(-c2ccc(/C=N\NC(=O)c3ccc(NS(=O)(=O)c4cccs4)cc3)o2)cc1. The fourth-order valence-corrected chi connectivity index (χ4v) is 5.14. The van der Waals surface area contributed by atoms with Gasteiger partial charge < -0.3 is 9.15 Å². The molecule has 0 spiro atoms. The van der Waals surface area contributed by atoms with Crippen molar-refractivity contribution in [1.82, 2.24) is 5.43 Å². The Balaban J connectivity index is 1.33. The molecule has 11 heteroatoms. The van der Waals surface area contributed by atoms with Gasteiger partial charge in [0, 0.05) is 16.8 Å². The lowest BCUT2D eigenvalue weighted by molar-refractivity contribution is 0.0526. The number of esters is 1. The molecule has 2 aromatic carbocycles. The average molecular weight is 524 g/mol. The summed E-state index contributed by atoms with van der Waals surface area (Å²) in [6, 6.07) is 19.4. The van der Waals surface area contributed by atoms with E-state index in [2.05, 4.69) is 15.2 Å². The summed E-state index contributed by atoms with van der Waals surface area (Å²) in [5.74, 6) is 0.124. The number of ether oxygens (including phenoxy) is 1. The largest absolute Gasteiger partial charge is 0.462 e. The fourth-order valence-electron chi connectivity index (χ4n) is 3.09. The Labute approximate surface area is 211 Å². The molecule has 0 radical (unpaired) electrons. The first kappa shape index (κ1) is 24.9. The molecule has 4 rings (SSSR count). The van der Waals surface area contributed by atoms with E-state index >= 15 is 0 Å². The number of rotatable bonds is 9. The Morgan fingerprint density at radius 3 is 2.39 bits per heavy atom. The topological polar surface area (TPSA) is 127 Å². The number of nitrogens with zero attached hydrogens (tertiary/aromatic N) is 1. The van der Waals surface area contributed by atoms with Crippen molar-refractivity contribution in [2.75, 3.05) is 11.3 Å². The first-order valence-electron chi connectivity index (χ1n) is 10.7. The number of hydrogen-bond donors (Lipinski definition) is 2. The molecule has 0 aliphatic rings. The molecule has 0 unspecified atom stereocenters. The van der Waals surface area contributed by atoms with Gasteiger partial charge in [-0.25, -0.2) is 18.6 Å². The number of hydrazone groups is 1. The Hall–Kier alpha value is -4.22. The summed E-state index contributed by atoms with van der Waals surface area (Å²) in [6.07, 6.45) is 1.36. The van der Waals surface area contributed by atoms with Crippen LogP contribution in [0.1, 0.15) is 33.4 Å². The van der Waals surface area contributed by atoms with Crippen LogP contribution in [-0.4, -0.2) is 33.1 Å². The maximum atomic E-state index is 12.3. The van der Waals surface area contributed by atoms with Crippen molar-refractivity contribution >= 4 is 45.1 Å². The summed E-state index contributed by atoms with van der Waals surface area (Å²) in [4.78, 5) is 24.1. The molecule has 36 heavy (non-hydrogen) atoms. The van der Waals surface area contributed by atoms with Crippen LogP contribution in [0.2, 0.25) is 0 Å². The molecule has 9 nitrogen and oxygen atoms in total. The van der Waals surface area contributed by atoms with Gasteiger partial charge in [0.05, 0.1) is 18.4 Å². The lowest BCUT2D eigenvalue weighted by atomic mass is 10.1. The van der Waals surface area contributed by atoms with Gasteiger partial charge in [0.15, 0.2) is 0 Å². The molecule has 0 saturated heterocycles. The van der Waals surface area contributed by atoms with Crippen molar-refractivity contribution in [2.24, 2.45) is 5.10 Å². The molecular formula is C25H21N3O6S2. The van der Waals surface area contributed by atoms with Crippen LogP contribution in [-0.2, 0) is 14.8 Å². The fraction of sp³-hybridized carbons (Fsp3) is 0.0800. The van der Waals surface area contributed by atoms with E-state index in [9.17, 15) is 18.0 Å². The van der Waals surface area contributed by atoms with Gasteiger partial charge in [-0.3, -0.25) is 9.52 Å². The van der Waals surface area contributed by atoms with Gasteiger partial charge in [-0.1, -0.05) is 18.2 Å². The standard InChI is InChI=1S/C25H21N3O6S2/c1-2-33-25(30)19-7-5-17(6-8-19)22-14-13-21(34-22)16-26-27-24(29)18-9-11-20(12-10-18)28-36(31,32)23-4-3-15-35-23/h3-16,28H,2H2,1H3,(H,27,29)/b26-16-. The molecular weight excluding hydrogens is 502 g/mol. The zero-order valence-electron chi connectivity index (χ0n) is 19.0. The highest BCUT2D eigenvalue weighted by Gasteiger charge is 2.15. The van der Waals surface area contributed by atoms with Crippen LogP contribution in [0, 0.1) is 0 Å². The summed E-state index contributed by atoms with van der Waals surface area (Å²) in [5, 5.41) is 5.59. The summed E-state index contributed by atoms with van der Waals surface area (Å²) < 4.78 is 37.9. The molecule has 184 valence electrons. The highest BCUT2D eigenvalue weighted by molar-refractivity contribution is 7.94. The summed E-state index contributed by atoms with van der Waals surface area (Å²) in [5.41, 5.74) is 4.25. The van der Waals surface area contributed by atoms with Crippen LogP contribution in [0.25, 0.3) is 11.3 Å². The number of carbonyl (C=O) groups is 2. The number of hydrogen-bond acceptors (Lipinski definition) is 8. The first-order chi connectivity index (χ1) is 17.4. The van der Waals surface area contributed by atoms with Crippen LogP contribution in [0.15, 0.2) is 91.9 Å². The van der Waals surface area contributed by atoms with E-state index in [0.717, 1.165) is 16.9 Å². The molecule has 4 aromatic rings. The Morgan fingerprint density at radius 2 is 1.72 bits per heavy atom. The van der Waals surface area contributed by atoms with E-state index in [0.29, 0.717) is 34.9 Å². The van der Waals surface area contributed by atoms with Gasteiger partial charge in [0.25, 0.3) is 15.9 Å². The Bertz CT molecular complexity index is 1470. The monoisotopic (exact) mass is 523 g/mol. The molecule has 1 amide bonds. The third kappa shape index (κ3) is 6.06. The second-order valence-electron chi connectivity index (χ2n) is 7.31. The van der Waals surface area contributed by atoms with Gasteiger partial charge in [-0.2, -0.15) is 5.10 Å². The summed E-state index contributed by atoms with van der Waals surface area (Å²) >= 11 is 1.11. The van der Waals surface area contributed by atoms with Crippen molar-refractivity contribution in [3.05, 3.63) is 95.1 Å². The Morgan fingerprint density at radius 1 is 1.00 bits per heavy atom. The maximum Gasteiger partial charge on any atom is 0.338 e. The maximum absolute atomic E-state index is 12.3. The number of benzene rings is 2. The summed E-state index contributed by atoms with van der Waals surface area (Å²) in [6.45, 7) is 2.05. The molecule has 2 N–H and O–H groups in total. The van der Waals surface area contributed by atoms with Gasteiger partial charge in [-0.05, 0) is 66.9 Å². The predicted octanol–water partition coefficient (Wildman–Crippen LogP) is 4.75. The highest BCUT2D eigenvalue weighted by atomic mass is 32.2. The summed E-state index contributed by atoms with van der Waals surface area (Å²) in [7, 11) is -3.66. The zero-order valence-corrected chi connectivity index (χ0v) is 20.6. The van der Waals surface area contributed by atoms with Crippen molar-refractivity contribution in [3.8, 4) is 11.3 Å². The quantitative estimate of drug-likeness (QED) is 0.185. The normalized spacial score (nSPS) is 11.4. The minimum absolute atomic E-state index is 0.202. The van der Waals surface area contributed by atoms with Crippen molar-refractivity contribution in [2.45, 2.75) is 11.1 Å². The zero-order chi connectivity index (χ0) is 25.5. The van der Waals surface area contributed by atoms with E-state index in [1.165, 1.54) is 36.5 Å². The number of furan rings is 1. The number of nitrogens with one attached hydrogen (secondary N) is 2. The van der Waals surface area contributed by atoms with E-state index in [4.69, 9.17) is 9.15 Å². The molecule has 0 aliphatic carbocycles. The van der Waals surface area contributed by atoms with E-state index in [1.807, 2.05) is 0 Å². The van der Waals surface area contributed by atoms with Crippen LogP contribution >= 0.6 is 11.3 Å². The van der Waals surface area contributed by atoms with E-state index in [1.54, 1.807) is 54.8 Å². The number of sulfonamides is 1. The lowest BCUT2D eigenvalue weighted by Gasteiger charge is -2.07. The van der Waals surface area contributed by atoms with E-state index in [-0.39, 0.29) is 10.2 Å². The number of thiophene rings is 1. The first-order valence-corrected chi connectivity index (χ1v) is 13.1. The van der Waals surface area contributed by atoms with Crippen LogP contribution in [0.5, 0.6) is 0 Å². The van der Waals surface area contributed by atoms with Crippen LogP contribution < -0.4 is 10.1 Å². The second kappa shape index (κ2) is 11.0. The second-order valence-corrected chi connectivity index (χ2v) is 10.2. The number of anilines is 1. The third-order valence-corrected chi connectivity index (χ3v) is 7.60. The van der Waals surface area contributed by atoms with Crippen molar-refractivity contribution in [1.29, 1.82) is 0 Å². The molecule has 0 fully saturated rings. The predicted molar refractivity (Wildman–Crippen MR) is 137 cm³/mol. The number of carbonyl (C=O) groups excluding carboxylic acids is 2. The van der Waals surface area contributed by atoms with Gasteiger partial charge in [-0.15, -0.1) is 11.3 Å². The minimum Gasteiger partial charge on any atom is -0.462 e. The molecule has 2 aromatic heterocycles. The molecule has 0 atom stereocenters. The average Bonchev–Trinajstić information content (AvgIpc) is 3.58. The van der Waals surface area contributed by atoms with Crippen LogP contribution in [0.4, 0.5) is 5.69 Å². The molecule has 2 heterocycles. The van der Waals surface area contributed by atoms with Crippen molar-refractivity contribution in [3.63, 3.8) is 0 Å². The van der Waals surface area contributed by atoms with Gasteiger partial charge >= 0.3 is 5.97 Å². The minimum atomic E-state index is -3.66. The number of amides is 1. The smallest absolute Gasteiger partial charge is 0.338 e.